The Balaban J connectivity index is 1.38. The molecule has 6 heteroatoms. The molecule has 0 radical (unpaired) electrons. The summed E-state index contributed by atoms with van der Waals surface area (Å²) in [5, 5.41) is 5.84. The molecule has 1 saturated carbocycles. The summed E-state index contributed by atoms with van der Waals surface area (Å²) in [6, 6.07) is 9.86. The first-order valence-electron chi connectivity index (χ1n) is 8.77. The number of carbonyl (C=O) groups excluding carboxylic acids is 2. The first-order valence-corrected chi connectivity index (χ1v) is 8.77. The summed E-state index contributed by atoms with van der Waals surface area (Å²) in [6.45, 7) is 1.41. The molecule has 1 atom stereocenters. The Labute approximate surface area is 142 Å². The molecule has 1 aliphatic carbocycles. The third-order valence-electron chi connectivity index (χ3n) is 4.67. The van der Waals surface area contributed by atoms with Gasteiger partial charge in [0.1, 0.15) is 6.10 Å². The molecule has 2 aliphatic rings. The van der Waals surface area contributed by atoms with Crippen LogP contribution in [0.25, 0.3) is 0 Å². The van der Waals surface area contributed by atoms with Crippen molar-refractivity contribution >= 4 is 12.1 Å². The van der Waals surface area contributed by atoms with Gasteiger partial charge < -0.3 is 20.3 Å². The normalized spacial score (nSPS) is 21.4. The van der Waals surface area contributed by atoms with Gasteiger partial charge in [-0.1, -0.05) is 49.6 Å². The minimum atomic E-state index is -0.321. The molecule has 0 bridgehead atoms. The van der Waals surface area contributed by atoms with E-state index in [1.807, 2.05) is 30.3 Å². The number of amides is 3. The largest absolute Gasteiger partial charge is 0.439 e. The Morgan fingerprint density at radius 3 is 2.67 bits per heavy atom. The topological polar surface area (TPSA) is 70.7 Å². The van der Waals surface area contributed by atoms with Gasteiger partial charge in [0.05, 0.1) is 6.54 Å². The predicted molar refractivity (Wildman–Crippen MR) is 90.6 cm³/mol. The Hall–Kier alpha value is -2.24. The van der Waals surface area contributed by atoms with Crippen LogP contribution in [0.1, 0.15) is 43.8 Å². The van der Waals surface area contributed by atoms with Gasteiger partial charge in [0.15, 0.2) is 0 Å². The number of nitrogens with zero attached hydrogens (tertiary/aromatic N) is 1. The van der Waals surface area contributed by atoms with Crippen LogP contribution in [0.5, 0.6) is 0 Å². The monoisotopic (exact) mass is 331 g/mol. The molecule has 1 unspecified atom stereocenters. The van der Waals surface area contributed by atoms with E-state index in [-0.39, 0.29) is 24.3 Å². The SMILES string of the molecule is O=C(NCCN1CC(c2ccccc2)OC1=O)NC1CCCCC1. The number of hydrogen-bond donors (Lipinski definition) is 2. The Kier molecular flexibility index (Phi) is 5.56. The van der Waals surface area contributed by atoms with Crippen molar-refractivity contribution in [2.24, 2.45) is 0 Å². The van der Waals surface area contributed by atoms with Crippen LogP contribution in [0, 0.1) is 0 Å². The summed E-state index contributed by atoms with van der Waals surface area (Å²) in [5.74, 6) is 0. The van der Waals surface area contributed by atoms with Crippen molar-refractivity contribution in [1.82, 2.24) is 15.5 Å². The standard InChI is InChI=1S/C18H25N3O3/c22-17(20-15-9-5-2-6-10-15)19-11-12-21-13-16(24-18(21)23)14-7-3-1-4-8-14/h1,3-4,7-8,15-16H,2,5-6,9-13H2,(H2,19,20,22). The Bertz CT molecular complexity index is 558. The fraction of sp³-hybridized carbons (Fsp3) is 0.556. The molecule has 1 heterocycles. The average Bonchev–Trinajstić information content (AvgIpc) is 2.98. The number of cyclic esters (lactones) is 1. The van der Waals surface area contributed by atoms with Crippen molar-refractivity contribution < 1.29 is 14.3 Å². The van der Waals surface area contributed by atoms with Gasteiger partial charge in [-0.05, 0) is 18.4 Å². The Morgan fingerprint density at radius 1 is 1.17 bits per heavy atom. The second kappa shape index (κ2) is 8.04. The number of nitrogens with one attached hydrogen (secondary N) is 2. The van der Waals surface area contributed by atoms with Gasteiger partial charge in [-0.15, -0.1) is 0 Å². The van der Waals surface area contributed by atoms with Gasteiger partial charge in [0.25, 0.3) is 0 Å². The lowest BCUT2D eigenvalue weighted by molar-refractivity contribution is 0.133. The summed E-state index contributed by atoms with van der Waals surface area (Å²) < 4.78 is 5.40. The summed E-state index contributed by atoms with van der Waals surface area (Å²) in [7, 11) is 0. The molecule has 1 aromatic rings. The highest BCUT2D eigenvalue weighted by Crippen LogP contribution is 2.25. The molecule has 2 fully saturated rings. The van der Waals surface area contributed by atoms with E-state index in [2.05, 4.69) is 10.6 Å². The van der Waals surface area contributed by atoms with Crippen LogP contribution in [-0.2, 0) is 4.74 Å². The molecule has 1 aromatic carbocycles. The van der Waals surface area contributed by atoms with Gasteiger partial charge in [0, 0.05) is 19.1 Å². The minimum absolute atomic E-state index is 0.144. The maximum Gasteiger partial charge on any atom is 0.410 e. The van der Waals surface area contributed by atoms with E-state index in [1.54, 1.807) is 4.90 Å². The number of hydrogen-bond acceptors (Lipinski definition) is 3. The molecule has 6 nitrogen and oxygen atoms in total. The smallest absolute Gasteiger partial charge is 0.410 e. The van der Waals surface area contributed by atoms with E-state index in [9.17, 15) is 9.59 Å². The lowest BCUT2D eigenvalue weighted by atomic mass is 9.96. The second-order valence-corrected chi connectivity index (χ2v) is 6.46. The average molecular weight is 331 g/mol. The van der Waals surface area contributed by atoms with Crippen LogP contribution in [0.3, 0.4) is 0 Å². The van der Waals surface area contributed by atoms with Crippen LogP contribution in [0.4, 0.5) is 9.59 Å². The van der Waals surface area contributed by atoms with E-state index >= 15 is 0 Å². The van der Waals surface area contributed by atoms with E-state index in [1.165, 1.54) is 19.3 Å². The molecule has 0 spiro atoms. The van der Waals surface area contributed by atoms with E-state index in [4.69, 9.17) is 4.74 Å². The molecular weight excluding hydrogens is 306 g/mol. The molecular formula is C18H25N3O3. The van der Waals surface area contributed by atoms with Gasteiger partial charge in [-0.2, -0.15) is 0 Å². The zero-order valence-corrected chi connectivity index (χ0v) is 13.9. The summed E-state index contributed by atoms with van der Waals surface area (Å²) >= 11 is 0. The third-order valence-corrected chi connectivity index (χ3v) is 4.67. The summed E-state index contributed by atoms with van der Waals surface area (Å²) in [6.07, 6.45) is 5.21. The molecule has 3 rings (SSSR count). The van der Waals surface area contributed by atoms with Gasteiger partial charge >= 0.3 is 12.1 Å². The van der Waals surface area contributed by atoms with Crippen LogP contribution in [0.2, 0.25) is 0 Å². The van der Waals surface area contributed by atoms with Crippen LogP contribution in [0.15, 0.2) is 30.3 Å². The fourth-order valence-corrected chi connectivity index (χ4v) is 3.32. The highest BCUT2D eigenvalue weighted by Gasteiger charge is 2.31. The van der Waals surface area contributed by atoms with Crippen molar-refractivity contribution in [3.63, 3.8) is 0 Å². The van der Waals surface area contributed by atoms with Gasteiger partial charge in [-0.3, -0.25) is 0 Å². The lowest BCUT2D eigenvalue weighted by Crippen LogP contribution is -2.45. The van der Waals surface area contributed by atoms with E-state index in [0.29, 0.717) is 19.6 Å². The second-order valence-electron chi connectivity index (χ2n) is 6.46. The summed E-state index contributed by atoms with van der Waals surface area (Å²) in [5.41, 5.74) is 0.997. The third kappa shape index (κ3) is 4.40. The number of benzene rings is 1. The highest BCUT2D eigenvalue weighted by atomic mass is 16.6. The molecule has 1 aliphatic heterocycles. The maximum atomic E-state index is 11.9. The summed E-state index contributed by atoms with van der Waals surface area (Å²) in [4.78, 5) is 25.5. The molecule has 3 amide bonds. The Morgan fingerprint density at radius 2 is 1.92 bits per heavy atom. The van der Waals surface area contributed by atoms with Crippen LogP contribution in [-0.4, -0.2) is 42.7 Å². The predicted octanol–water partition coefficient (Wildman–Crippen LogP) is 2.81. The van der Waals surface area contributed by atoms with E-state index in [0.717, 1.165) is 18.4 Å². The molecule has 0 aromatic heterocycles. The maximum absolute atomic E-state index is 11.9. The molecule has 24 heavy (non-hydrogen) atoms. The van der Waals surface area contributed by atoms with Crippen molar-refractivity contribution in [1.29, 1.82) is 0 Å². The first kappa shape index (κ1) is 16.6. The van der Waals surface area contributed by atoms with Crippen LogP contribution < -0.4 is 10.6 Å². The van der Waals surface area contributed by atoms with Crippen LogP contribution >= 0.6 is 0 Å². The number of ether oxygens (including phenoxy) is 1. The minimum Gasteiger partial charge on any atom is -0.439 e. The molecule has 1 saturated heterocycles. The quantitative estimate of drug-likeness (QED) is 0.871. The number of carbonyl (C=O) groups is 2. The fourth-order valence-electron chi connectivity index (χ4n) is 3.32. The van der Waals surface area contributed by atoms with Crippen molar-refractivity contribution in [3.8, 4) is 0 Å². The molecule has 130 valence electrons. The lowest BCUT2D eigenvalue weighted by Gasteiger charge is -2.23. The van der Waals surface area contributed by atoms with Gasteiger partial charge in [0.2, 0.25) is 0 Å². The van der Waals surface area contributed by atoms with Crippen molar-refractivity contribution in [3.05, 3.63) is 35.9 Å². The first-order chi connectivity index (χ1) is 11.7. The van der Waals surface area contributed by atoms with Crippen molar-refractivity contribution in [2.75, 3.05) is 19.6 Å². The molecule has 2 N–H and O–H groups in total. The van der Waals surface area contributed by atoms with Crippen molar-refractivity contribution in [2.45, 2.75) is 44.2 Å². The zero-order chi connectivity index (χ0) is 16.8. The number of urea groups is 1. The zero-order valence-electron chi connectivity index (χ0n) is 13.9. The van der Waals surface area contributed by atoms with E-state index < -0.39 is 0 Å². The highest BCUT2D eigenvalue weighted by molar-refractivity contribution is 5.74. The van der Waals surface area contributed by atoms with Gasteiger partial charge in [-0.25, -0.2) is 9.59 Å². The number of rotatable bonds is 5.